The van der Waals surface area contributed by atoms with Crippen LogP contribution in [-0.2, 0) is 0 Å². The molecule has 0 spiro atoms. The van der Waals surface area contributed by atoms with Gasteiger partial charge in [0.1, 0.15) is 0 Å². The molecule has 1 aromatic carbocycles. The minimum Gasteiger partial charge on any atom is -0.493 e. The first kappa shape index (κ1) is 9.98. The van der Waals surface area contributed by atoms with Crippen molar-refractivity contribution in [1.29, 1.82) is 0 Å². The summed E-state index contributed by atoms with van der Waals surface area (Å²) in [5.41, 5.74) is 2.90. The van der Waals surface area contributed by atoms with Crippen LogP contribution in [0.25, 0.3) is 10.4 Å². The molecule has 0 unspecified atom stereocenters. The van der Waals surface area contributed by atoms with Crippen molar-refractivity contribution in [3.05, 3.63) is 29.9 Å². The molecule has 78 valence electrons. The fourth-order valence-corrected chi connectivity index (χ4v) is 1.97. The lowest BCUT2D eigenvalue weighted by Gasteiger charge is -2.08. The van der Waals surface area contributed by atoms with Crippen molar-refractivity contribution in [1.82, 2.24) is 4.98 Å². The highest BCUT2D eigenvalue weighted by Crippen LogP contribution is 2.33. The van der Waals surface area contributed by atoms with Gasteiger partial charge in [-0.15, -0.1) is 11.3 Å². The molecule has 0 radical (unpaired) electrons. The van der Waals surface area contributed by atoms with E-state index in [-0.39, 0.29) is 0 Å². The summed E-state index contributed by atoms with van der Waals surface area (Å²) in [7, 11) is 3.26. The molecule has 0 aliphatic heterocycles. The molecule has 1 heterocycles. The monoisotopic (exact) mass is 221 g/mol. The van der Waals surface area contributed by atoms with Gasteiger partial charge in [-0.3, -0.25) is 4.98 Å². The molecule has 1 aromatic heterocycles. The Morgan fingerprint density at radius 1 is 1.13 bits per heavy atom. The minimum absolute atomic E-state index is 0.739. The van der Waals surface area contributed by atoms with E-state index in [0.717, 1.165) is 21.9 Å². The summed E-state index contributed by atoms with van der Waals surface area (Å²) >= 11 is 1.60. The highest BCUT2D eigenvalue weighted by Gasteiger charge is 2.06. The molecular formula is C11H11NO2S. The predicted molar refractivity (Wildman–Crippen MR) is 60.7 cm³/mol. The fourth-order valence-electron chi connectivity index (χ4n) is 1.35. The molecular weight excluding hydrogens is 210 g/mol. The van der Waals surface area contributed by atoms with Crippen LogP contribution in [0.15, 0.2) is 29.9 Å². The van der Waals surface area contributed by atoms with Crippen LogP contribution >= 0.6 is 11.3 Å². The zero-order valence-corrected chi connectivity index (χ0v) is 9.38. The van der Waals surface area contributed by atoms with Gasteiger partial charge < -0.3 is 9.47 Å². The van der Waals surface area contributed by atoms with Gasteiger partial charge in [0.2, 0.25) is 0 Å². The summed E-state index contributed by atoms with van der Waals surface area (Å²) in [5, 5.41) is 0. The Morgan fingerprint density at radius 3 is 2.53 bits per heavy atom. The molecule has 3 nitrogen and oxygen atoms in total. The van der Waals surface area contributed by atoms with Crippen LogP contribution in [0.5, 0.6) is 11.5 Å². The van der Waals surface area contributed by atoms with Gasteiger partial charge in [-0.2, -0.15) is 0 Å². The first-order valence-corrected chi connectivity index (χ1v) is 5.34. The van der Waals surface area contributed by atoms with Gasteiger partial charge in [0.05, 0.1) is 24.6 Å². The zero-order valence-electron chi connectivity index (χ0n) is 8.56. The number of hydrogen-bond donors (Lipinski definition) is 0. The number of thiazole rings is 1. The molecule has 0 amide bonds. The van der Waals surface area contributed by atoms with Crippen molar-refractivity contribution in [2.45, 2.75) is 0 Å². The van der Waals surface area contributed by atoms with Crippen LogP contribution in [-0.4, -0.2) is 19.2 Å². The van der Waals surface area contributed by atoms with Gasteiger partial charge in [0.25, 0.3) is 0 Å². The smallest absolute Gasteiger partial charge is 0.161 e. The Kier molecular flexibility index (Phi) is 2.87. The van der Waals surface area contributed by atoms with E-state index < -0.39 is 0 Å². The van der Waals surface area contributed by atoms with Crippen LogP contribution in [0, 0.1) is 0 Å². The van der Waals surface area contributed by atoms with E-state index in [1.807, 2.05) is 29.9 Å². The summed E-state index contributed by atoms with van der Waals surface area (Å²) in [6, 6.07) is 5.84. The number of nitrogens with zero attached hydrogens (tertiary/aromatic N) is 1. The van der Waals surface area contributed by atoms with Crippen molar-refractivity contribution >= 4 is 11.3 Å². The van der Waals surface area contributed by atoms with Crippen LogP contribution in [0.2, 0.25) is 0 Å². The number of benzene rings is 1. The van der Waals surface area contributed by atoms with Crippen LogP contribution in [0.3, 0.4) is 0 Å². The Morgan fingerprint density at radius 2 is 1.93 bits per heavy atom. The lowest BCUT2D eigenvalue weighted by Crippen LogP contribution is -1.90. The SMILES string of the molecule is COc1ccc(-c2cncs2)cc1OC. The molecule has 0 aliphatic rings. The quantitative estimate of drug-likeness (QED) is 0.798. The number of methoxy groups -OCH3 is 2. The Balaban J connectivity index is 2.43. The summed E-state index contributed by atoms with van der Waals surface area (Å²) < 4.78 is 10.4. The van der Waals surface area contributed by atoms with Gasteiger partial charge in [-0.1, -0.05) is 0 Å². The molecule has 0 atom stereocenters. The van der Waals surface area contributed by atoms with Crippen molar-refractivity contribution < 1.29 is 9.47 Å². The zero-order chi connectivity index (χ0) is 10.7. The van der Waals surface area contributed by atoms with Crippen molar-refractivity contribution in [2.75, 3.05) is 14.2 Å². The maximum absolute atomic E-state index is 5.23. The third-order valence-electron chi connectivity index (χ3n) is 2.10. The third kappa shape index (κ3) is 1.94. The maximum atomic E-state index is 5.23. The standard InChI is InChI=1S/C11H11NO2S/c1-13-9-4-3-8(5-10(9)14-2)11-6-12-7-15-11/h3-7H,1-2H3. The summed E-state index contributed by atoms with van der Waals surface area (Å²) in [6.07, 6.45) is 1.84. The van der Waals surface area contributed by atoms with Gasteiger partial charge in [-0.05, 0) is 23.8 Å². The highest BCUT2D eigenvalue weighted by molar-refractivity contribution is 7.13. The summed E-state index contributed by atoms with van der Waals surface area (Å²) in [5.74, 6) is 1.48. The molecule has 0 bridgehead atoms. The summed E-state index contributed by atoms with van der Waals surface area (Å²) in [6.45, 7) is 0. The average molecular weight is 221 g/mol. The molecule has 15 heavy (non-hydrogen) atoms. The van der Waals surface area contributed by atoms with E-state index in [0.29, 0.717) is 0 Å². The first-order valence-electron chi connectivity index (χ1n) is 4.46. The van der Waals surface area contributed by atoms with E-state index in [1.54, 1.807) is 25.6 Å². The molecule has 2 rings (SSSR count). The minimum atomic E-state index is 0.739. The van der Waals surface area contributed by atoms with Crippen LogP contribution in [0.1, 0.15) is 0 Å². The topological polar surface area (TPSA) is 31.4 Å². The number of hydrogen-bond acceptors (Lipinski definition) is 4. The average Bonchev–Trinajstić information content (AvgIpc) is 2.81. The Hall–Kier alpha value is -1.55. The molecule has 0 fully saturated rings. The lowest BCUT2D eigenvalue weighted by molar-refractivity contribution is 0.355. The summed E-state index contributed by atoms with van der Waals surface area (Å²) in [4.78, 5) is 5.16. The molecule has 0 saturated carbocycles. The van der Waals surface area contributed by atoms with Crippen molar-refractivity contribution in [3.63, 3.8) is 0 Å². The second-order valence-electron chi connectivity index (χ2n) is 2.94. The Labute approximate surface area is 92.3 Å². The van der Waals surface area contributed by atoms with Gasteiger partial charge in [0, 0.05) is 6.20 Å². The Bertz CT molecular complexity index is 440. The van der Waals surface area contributed by atoms with Crippen molar-refractivity contribution in [3.8, 4) is 21.9 Å². The van der Waals surface area contributed by atoms with E-state index in [4.69, 9.17) is 9.47 Å². The van der Waals surface area contributed by atoms with Gasteiger partial charge in [-0.25, -0.2) is 0 Å². The van der Waals surface area contributed by atoms with E-state index >= 15 is 0 Å². The molecule has 0 aliphatic carbocycles. The molecule has 0 saturated heterocycles. The third-order valence-corrected chi connectivity index (χ3v) is 2.92. The highest BCUT2D eigenvalue weighted by atomic mass is 32.1. The molecule has 2 aromatic rings. The van der Waals surface area contributed by atoms with E-state index in [9.17, 15) is 0 Å². The lowest BCUT2D eigenvalue weighted by atomic mass is 10.2. The van der Waals surface area contributed by atoms with Crippen molar-refractivity contribution in [2.24, 2.45) is 0 Å². The second kappa shape index (κ2) is 4.31. The number of ether oxygens (including phenoxy) is 2. The van der Waals surface area contributed by atoms with Crippen LogP contribution < -0.4 is 9.47 Å². The number of aromatic nitrogens is 1. The number of rotatable bonds is 3. The first-order chi connectivity index (χ1) is 7.35. The normalized spacial score (nSPS) is 10.0. The predicted octanol–water partition coefficient (Wildman–Crippen LogP) is 2.83. The van der Waals surface area contributed by atoms with E-state index in [1.165, 1.54) is 0 Å². The molecule has 4 heteroatoms. The van der Waals surface area contributed by atoms with Gasteiger partial charge in [0.15, 0.2) is 11.5 Å². The maximum Gasteiger partial charge on any atom is 0.161 e. The largest absolute Gasteiger partial charge is 0.493 e. The van der Waals surface area contributed by atoms with E-state index in [2.05, 4.69) is 4.98 Å². The van der Waals surface area contributed by atoms with Gasteiger partial charge >= 0.3 is 0 Å². The molecule has 0 N–H and O–H groups in total. The second-order valence-corrected chi connectivity index (χ2v) is 3.82. The van der Waals surface area contributed by atoms with Crippen LogP contribution in [0.4, 0.5) is 0 Å². The fraction of sp³-hybridized carbons (Fsp3) is 0.182.